The highest BCUT2D eigenvalue weighted by atomic mass is 16.5. The molecule has 0 saturated carbocycles. The summed E-state index contributed by atoms with van der Waals surface area (Å²) in [6.07, 6.45) is 14.2. The summed E-state index contributed by atoms with van der Waals surface area (Å²) in [6.45, 7) is 14.8. The number of hydrogen-bond donors (Lipinski definition) is 0. The van der Waals surface area contributed by atoms with Crippen LogP contribution in [0, 0.1) is 5.92 Å². The third-order valence-corrected chi connectivity index (χ3v) is 4.69. The molecular formula is C23H42O2. The van der Waals surface area contributed by atoms with Crippen molar-refractivity contribution in [2.24, 2.45) is 5.92 Å². The molecule has 0 aliphatic heterocycles. The average molecular weight is 351 g/mol. The SMILES string of the molecule is C=C(C(C)C)C(CCCC)O/C(C)=C/C(=O)CCCCCCCCC. The molecule has 0 radical (unpaired) electrons. The highest BCUT2D eigenvalue weighted by Crippen LogP contribution is 2.22. The summed E-state index contributed by atoms with van der Waals surface area (Å²) in [5, 5.41) is 0. The van der Waals surface area contributed by atoms with Gasteiger partial charge in [0, 0.05) is 12.5 Å². The molecule has 2 heteroatoms. The Kier molecular flexibility index (Phi) is 14.6. The third-order valence-electron chi connectivity index (χ3n) is 4.69. The van der Waals surface area contributed by atoms with E-state index in [-0.39, 0.29) is 11.9 Å². The number of rotatable bonds is 16. The number of allylic oxidation sites excluding steroid dienone is 2. The van der Waals surface area contributed by atoms with Gasteiger partial charge in [0.05, 0.1) is 5.76 Å². The Morgan fingerprint density at radius 3 is 2.08 bits per heavy atom. The lowest BCUT2D eigenvalue weighted by atomic mass is 9.96. The summed E-state index contributed by atoms with van der Waals surface area (Å²) in [7, 11) is 0. The predicted octanol–water partition coefficient (Wildman–Crippen LogP) is 7.39. The van der Waals surface area contributed by atoms with Crippen LogP contribution in [-0.2, 0) is 9.53 Å². The molecule has 25 heavy (non-hydrogen) atoms. The molecule has 1 atom stereocenters. The van der Waals surface area contributed by atoms with E-state index in [0.717, 1.165) is 43.4 Å². The van der Waals surface area contributed by atoms with Crippen molar-refractivity contribution in [3.05, 3.63) is 24.0 Å². The van der Waals surface area contributed by atoms with E-state index in [0.29, 0.717) is 12.3 Å². The fourth-order valence-corrected chi connectivity index (χ4v) is 2.89. The van der Waals surface area contributed by atoms with Crippen LogP contribution in [0.5, 0.6) is 0 Å². The van der Waals surface area contributed by atoms with Gasteiger partial charge in [-0.05, 0) is 37.7 Å². The van der Waals surface area contributed by atoms with Crippen LogP contribution in [0.2, 0.25) is 0 Å². The smallest absolute Gasteiger partial charge is 0.159 e. The number of carbonyl (C=O) groups excluding carboxylic acids is 1. The number of unbranched alkanes of at least 4 members (excludes halogenated alkanes) is 7. The highest BCUT2D eigenvalue weighted by Gasteiger charge is 2.17. The van der Waals surface area contributed by atoms with E-state index in [1.54, 1.807) is 6.08 Å². The van der Waals surface area contributed by atoms with Gasteiger partial charge in [-0.2, -0.15) is 0 Å². The van der Waals surface area contributed by atoms with E-state index in [2.05, 4.69) is 34.3 Å². The zero-order chi connectivity index (χ0) is 19.1. The lowest BCUT2D eigenvalue weighted by Gasteiger charge is -2.24. The van der Waals surface area contributed by atoms with Crippen LogP contribution in [0.15, 0.2) is 24.0 Å². The van der Waals surface area contributed by atoms with Gasteiger partial charge in [-0.15, -0.1) is 0 Å². The number of carbonyl (C=O) groups is 1. The maximum atomic E-state index is 12.1. The number of ether oxygens (including phenoxy) is 1. The summed E-state index contributed by atoms with van der Waals surface area (Å²) < 4.78 is 6.06. The van der Waals surface area contributed by atoms with Crippen molar-refractivity contribution in [1.29, 1.82) is 0 Å². The first kappa shape index (κ1) is 23.9. The molecule has 2 nitrogen and oxygen atoms in total. The lowest BCUT2D eigenvalue weighted by Crippen LogP contribution is -2.18. The largest absolute Gasteiger partial charge is 0.491 e. The molecule has 0 aliphatic rings. The predicted molar refractivity (Wildman–Crippen MR) is 110 cm³/mol. The van der Waals surface area contributed by atoms with Gasteiger partial charge in [-0.3, -0.25) is 4.79 Å². The van der Waals surface area contributed by atoms with Gasteiger partial charge in [-0.1, -0.05) is 79.2 Å². The third kappa shape index (κ3) is 12.9. The molecule has 1 unspecified atom stereocenters. The molecule has 0 saturated heterocycles. The van der Waals surface area contributed by atoms with Crippen LogP contribution in [0.4, 0.5) is 0 Å². The van der Waals surface area contributed by atoms with Crippen molar-refractivity contribution in [3.8, 4) is 0 Å². The molecule has 0 heterocycles. The Bertz CT molecular complexity index is 393. The Balaban J connectivity index is 4.23. The van der Waals surface area contributed by atoms with Crippen LogP contribution in [0.1, 0.15) is 105 Å². The fraction of sp³-hybridized carbons (Fsp3) is 0.783. The molecule has 0 aliphatic carbocycles. The van der Waals surface area contributed by atoms with Gasteiger partial charge in [0.15, 0.2) is 5.78 Å². The molecule has 0 rings (SSSR count). The zero-order valence-electron chi connectivity index (χ0n) is 17.5. The van der Waals surface area contributed by atoms with Gasteiger partial charge < -0.3 is 4.74 Å². The van der Waals surface area contributed by atoms with E-state index in [4.69, 9.17) is 4.74 Å². The van der Waals surface area contributed by atoms with Crippen LogP contribution < -0.4 is 0 Å². The minimum Gasteiger partial charge on any atom is -0.491 e. The quantitative estimate of drug-likeness (QED) is 0.125. The van der Waals surface area contributed by atoms with Crippen LogP contribution >= 0.6 is 0 Å². The Morgan fingerprint density at radius 2 is 1.52 bits per heavy atom. The lowest BCUT2D eigenvalue weighted by molar-refractivity contribution is -0.114. The van der Waals surface area contributed by atoms with E-state index in [1.807, 2.05) is 6.92 Å². The maximum Gasteiger partial charge on any atom is 0.159 e. The Hall–Kier alpha value is -1.05. The van der Waals surface area contributed by atoms with Crippen molar-refractivity contribution >= 4 is 5.78 Å². The first-order valence-corrected chi connectivity index (χ1v) is 10.5. The number of hydrogen-bond acceptors (Lipinski definition) is 2. The highest BCUT2D eigenvalue weighted by molar-refractivity contribution is 5.89. The van der Waals surface area contributed by atoms with E-state index in [1.165, 1.54) is 32.1 Å². The van der Waals surface area contributed by atoms with Gasteiger partial charge >= 0.3 is 0 Å². The van der Waals surface area contributed by atoms with Gasteiger partial charge in [0.25, 0.3) is 0 Å². The Labute approximate surface area is 157 Å². The molecule has 0 aromatic heterocycles. The van der Waals surface area contributed by atoms with Crippen molar-refractivity contribution < 1.29 is 9.53 Å². The van der Waals surface area contributed by atoms with E-state index in [9.17, 15) is 4.79 Å². The molecule has 0 aromatic rings. The minimum atomic E-state index is 0.0302. The molecule has 0 bridgehead atoms. The monoisotopic (exact) mass is 350 g/mol. The molecule has 0 spiro atoms. The topological polar surface area (TPSA) is 26.3 Å². The first-order chi connectivity index (χ1) is 11.9. The summed E-state index contributed by atoms with van der Waals surface area (Å²) in [6, 6.07) is 0. The van der Waals surface area contributed by atoms with Crippen molar-refractivity contribution in [3.63, 3.8) is 0 Å². The van der Waals surface area contributed by atoms with Gasteiger partial charge in [0.1, 0.15) is 6.10 Å². The van der Waals surface area contributed by atoms with Gasteiger partial charge in [0.2, 0.25) is 0 Å². The van der Waals surface area contributed by atoms with Crippen LogP contribution in [0.3, 0.4) is 0 Å². The Morgan fingerprint density at radius 1 is 0.960 bits per heavy atom. The second kappa shape index (κ2) is 15.2. The second-order valence-corrected chi connectivity index (χ2v) is 7.57. The van der Waals surface area contributed by atoms with Crippen molar-refractivity contribution in [1.82, 2.24) is 0 Å². The number of ketones is 1. The fourth-order valence-electron chi connectivity index (χ4n) is 2.89. The summed E-state index contributed by atoms with van der Waals surface area (Å²) in [4.78, 5) is 12.1. The van der Waals surface area contributed by atoms with E-state index >= 15 is 0 Å². The molecule has 146 valence electrons. The summed E-state index contributed by atoms with van der Waals surface area (Å²) in [5.74, 6) is 1.32. The minimum absolute atomic E-state index is 0.0302. The zero-order valence-corrected chi connectivity index (χ0v) is 17.5. The summed E-state index contributed by atoms with van der Waals surface area (Å²) in [5.41, 5.74) is 1.13. The molecule has 0 fully saturated rings. The van der Waals surface area contributed by atoms with Crippen molar-refractivity contribution in [2.75, 3.05) is 0 Å². The normalized spacial score (nSPS) is 13.1. The molecule has 0 aromatic carbocycles. The van der Waals surface area contributed by atoms with Crippen LogP contribution in [-0.4, -0.2) is 11.9 Å². The molecular weight excluding hydrogens is 308 g/mol. The van der Waals surface area contributed by atoms with Crippen molar-refractivity contribution in [2.45, 2.75) is 111 Å². The molecule has 0 N–H and O–H groups in total. The molecule has 0 amide bonds. The first-order valence-electron chi connectivity index (χ1n) is 10.5. The second-order valence-electron chi connectivity index (χ2n) is 7.57. The average Bonchev–Trinajstić information content (AvgIpc) is 2.56. The maximum absolute atomic E-state index is 12.1. The standard InChI is InChI=1S/C23H42O2/c1-7-9-11-12-13-14-15-16-22(24)18-20(5)25-23(17-10-8-2)21(6)19(3)4/h18-19,23H,6-17H2,1-5H3/b20-18+. The van der Waals surface area contributed by atoms with E-state index < -0.39 is 0 Å². The van der Waals surface area contributed by atoms with Crippen LogP contribution in [0.25, 0.3) is 0 Å². The van der Waals surface area contributed by atoms with Gasteiger partial charge in [-0.25, -0.2) is 0 Å². The summed E-state index contributed by atoms with van der Waals surface area (Å²) >= 11 is 0.